The number of anilines is 1. The molecule has 2 aromatic rings. The topological polar surface area (TPSA) is 92.2 Å². The van der Waals surface area contributed by atoms with Gasteiger partial charge in [-0.25, -0.2) is 14.2 Å². The molecule has 2 N–H and O–H groups in total. The van der Waals surface area contributed by atoms with Crippen LogP contribution in [0.15, 0.2) is 42.7 Å². The molecule has 21 heavy (non-hydrogen) atoms. The first-order chi connectivity index (χ1) is 10.1. The Morgan fingerprint density at radius 3 is 2.81 bits per heavy atom. The summed E-state index contributed by atoms with van der Waals surface area (Å²) < 4.78 is 13.4. The summed E-state index contributed by atoms with van der Waals surface area (Å²) in [5, 5.41) is 11.0. The maximum atomic E-state index is 13.4. The lowest BCUT2D eigenvalue weighted by molar-refractivity contribution is -0.131. The van der Waals surface area contributed by atoms with Crippen LogP contribution >= 0.6 is 0 Å². The average molecular weight is 287 g/mol. The van der Waals surface area contributed by atoms with Crippen molar-refractivity contribution in [1.29, 1.82) is 0 Å². The van der Waals surface area contributed by atoms with Crippen molar-refractivity contribution < 1.29 is 19.1 Å². The van der Waals surface area contributed by atoms with Crippen molar-refractivity contribution in [2.24, 2.45) is 0 Å². The lowest BCUT2D eigenvalue weighted by Crippen LogP contribution is -2.15. The van der Waals surface area contributed by atoms with Gasteiger partial charge in [-0.1, -0.05) is 6.07 Å². The molecule has 0 aliphatic heterocycles. The van der Waals surface area contributed by atoms with Gasteiger partial charge in [0.05, 0.1) is 17.5 Å². The summed E-state index contributed by atoms with van der Waals surface area (Å²) in [4.78, 5) is 29.9. The van der Waals surface area contributed by atoms with E-state index in [2.05, 4.69) is 15.3 Å². The highest BCUT2D eigenvalue weighted by molar-refractivity contribution is 6.03. The van der Waals surface area contributed by atoms with E-state index in [4.69, 9.17) is 5.11 Å². The van der Waals surface area contributed by atoms with Crippen molar-refractivity contribution >= 4 is 23.8 Å². The predicted molar refractivity (Wildman–Crippen MR) is 73.1 cm³/mol. The molecule has 0 unspecified atom stereocenters. The van der Waals surface area contributed by atoms with Crippen molar-refractivity contribution in [3.05, 3.63) is 59.8 Å². The van der Waals surface area contributed by atoms with Crippen LogP contribution in [-0.2, 0) is 4.79 Å². The standard InChI is InChI=1S/C14H10FN3O3/c15-11-8-16-7-6-10(11)14(21)18-12-3-1-2-9(17-12)4-5-13(19)20/h1-8H,(H,19,20)(H,17,18,21). The lowest BCUT2D eigenvalue weighted by Gasteiger charge is -2.05. The van der Waals surface area contributed by atoms with Gasteiger partial charge >= 0.3 is 5.97 Å². The molecule has 2 heterocycles. The van der Waals surface area contributed by atoms with Gasteiger partial charge in [0.1, 0.15) is 5.82 Å². The first-order valence-electron chi connectivity index (χ1n) is 5.85. The number of hydrogen-bond donors (Lipinski definition) is 2. The number of aromatic nitrogens is 2. The van der Waals surface area contributed by atoms with Crippen LogP contribution < -0.4 is 5.32 Å². The summed E-state index contributed by atoms with van der Waals surface area (Å²) in [5.74, 6) is -2.33. The summed E-state index contributed by atoms with van der Waals surface area (Å²) >= 11 is 0. The third kappa shape index (κ3) is 3.93. The second-order valence-corrected chi connectivity index (χ2v) is 3.93. The Balaban J connectivity index is 2.17. The summed E-state index contributed by atoms with van der Waals surface area (Å²) in [6, 6.07) is 5.92. The van der Waals surface area contributed by atoms with E-state index < -0.39 is 17.7 Å². The normalized spacial score (nSPS) is 10.5. The quantitative estimate of drug-likeness (QED) is 0.839. The minimum atomic E-state index is -1.11. The van der Waals surface area contributed by atoms with Crippen molar-refractivity contribution in [3.8, 4) is 0 Å². The molecule has 0 aromatic carbocycles. The number of nitrogens with one attached hydrogen (secondary N) is 1. The zero-order valence-electron chi connectivity index (χ0n) is 10.7. The van der Waals surface area contributed by atoms with Crippen LogP contribution in [0.3, 0.4) is 0 Å². The summed E-state index contributed by atoms with van der Waals surface area (Å²) in [6.45, 7) is 0. The molecule has 7 heteroatoms. The smallest absolute Gasteiger partial charge is 0.328 e. The zero-order chi connectivity index (χ0) is 15.2. The maximum Gasteiger partial charge on any atom is 0.328 e. The van der Waals surface area contributed by atoms with E-state index in [0.717, 1.165) is 12.3 Å². The second kappa shape index (κ2) is 6.38. The predicted octanol–water partition coefficient (Wildman–Crippen LogP) is 1.97. The minimum Gasteiger partial charge on any atom is -0.478 e. The molecule has 106 valence electrons. The number of hydrogen-bond acceptors (Lipinski definition) is 4. The van der Waals surface area contributed by atoms with Gasteiger partial charge in [-0.2, -0.15) is 0 Å². The molecule has 0 saturated heterocycles. The van der Waals surface area contributed by atoms with Gasteiger partial charge in [0.15, 0.2) is 5.82 Å². The molecular formula is C14H10FN3O3. The Labute approximate surface area is 119 Å². The Kier molecular flexibility index (Phi) is 4.35. The highest BCUT2D eigenvalue weighted by Crippen LogP contribution is 2.10. The third-order valence-corrected chi connectivity index (χ3v) is 2.43. The van der Waals surface area contributed by atoms with E-state index in [1.54, 1.807) is 12.1 Å². The van der Waals surface area contributed by atoms with Crippen molar-refractivity contribution in [3.63, 3.8) is 0 Å². The van der Waals surface area contributed by atoms with Gasteiger partial charge in [-0.3, -0.25) is 9.78 Å². The monoisotopic (exact) mass is 287 g/mol. The van der Waals surface area contributed by atoms with Crippen LogP contribution in [0.2, 0.25) is 0 Å². The molecule has 0 aliphatic rings. The number of carbonyl (C=O) groups excluding carboxylic acids is 1. The van der Waals surface area contributed by atoms with Crippen LogP contribution in [0.4, 0.5) is 10.2 Å². The molecule has 0 saturated carbocycles. The number of carbonyl (C=O) groups is 2. The minimum absolute atomic E-state index is 0.154. The lowest BCUT2D eigenvalue weighted by atomic mass is 10.2. The van der Waals surface area contributed by atoms with Crippen molar-refractivity contribution in [2.45, 2.75) is 0 Å². The van der Waals surface area contributed by atoms with Gasteiger partial charge in [-0.15, -0.1) is 0 Å². The molecule has 0 radical (unpaired) electrons. The maximum absolute atomic E-state index is 13.4. The molecule has 0 fully saturated rings. The first kappa shape index (κ1) is 14.3. The third-order valence-electron chi connectivity index (χ3n) is 2.43. The number of nitrogens with zero attached hydrogens (tertiary/aromatic N) is 2. The van der Waals surface area contributed by atoms with Gasteiger partial charge in [0.2, 0.25) is 0 Å². The SMILES string of the molecule is O=C(O)C=Cc1cccc(NC(=O)c2ccncc2F)n1. The Hall–Kier alpha value is -3.09. The first-order valence-corrected chi connectivity index (χ1v) is 5.85. The molecule has 6 nitrogen and oxygen atoms in total. The molecule has 0 aliphatic carbocycles. The highest BCUT2D eigenvalue weighted by Gasteiger charge is 2.11. The van der Waals surface area contributed by atoms with E-state index in [1.165, 1.54) is 24.4 Å². The van der Waals surface area contributed by atoms with Gasteiger partial charge < -0.3 is 10.4 Å². The fourth-order valence-electron chi connectivity index (χ4n) is 1.51. The van der Waals surface area contributed by atoms with E-state index in [9.17, 15) is 14.0 Å². The van der Waals surface area contributed by atoms with Crippen LogP contribution in [0.1, 0.15) is 16.1 Å². The molecule has 0 bridgehead atoms. The van der Waals surface area contributed by atoms with Crippen molar-refractivity contribution in [1.82, 2.24) is 9.97 Å². The number of halogens is 1. The van der Waals surface area contributed by atoms with Crippen LogP contribution in [0.25, 0.3) is 6.08 Å². The summed E-state index contributed by atoms with van der Waals surface area (Å²) in [6.07, 6.45) is 4.45. The van der Waals surface area contributed by atoms with Gasteiger partial charge in [0.25, 0.3) is 5.91 Å². The van der Waals surface area contributed by atoms with E-state index in [1.807, 2.05) is 0 Å². The fraction of sp³-hybridized carbons (Fsp3) is 0. The average Bonchev–Trinajstić information content (AvgIpc) is 2.46. The molecular weight excluding hydrogens is 277 g/mol. The Bertz CT molecular complexity index is 716. The molecule has 2 aromatic heterocycles. The van der Waals surface area contributed by atoms with E-state index in [-0.39, 0.29) is 11.4 Å². The molecule has 2 rings (SSSR count). The molecule has 1 amide bonds. The van der Waals surface area contributed by atoms with Crippen molar-refractivity contribution in [2.75, 3.05) is 5.32 Å². The number of amides is 1. The molecule has 0 atom stereocenters. The Morgan fingerprint density at radius 1 is 1.29 bits per heavy atom. The second-order valence-electron chi connectivity index (χ2n) is 3.93. The van der Waals surface area contributed by atoms with E-state index >= 15 is 0 Å². The van der Waals surface area contributed by atoms with Crippen LogP contribution in [0.5, 0.6) is 0 Å². The van der Waals surface area contributed by atoms with Crippen LogP contribution in [0, 0.1) is 5.82 Å². The number of aliphatic carboxylic acids is 1. The molecule has 0 spiro atoms. The number of carboxylic acid groups (broad SMARTS) is 1. The van der Waals surface area contributed by atoms with E-state index in [0.29, 0.717) is 5.69 Å². The van der Waals surface area contributed by atoms with Gasteiger partial charge in [-0.05, 0) is 24.3 Å². The summed E-state index contributed by atoms with van der Waals surface area (Å²) in [5.41, 5.74) is 0.198. The summed E-state index contributed by atoms with van der Waals surface area (Å²) in [7, 11) is 0. The van der Waals surface area contributed by atoms with Gasteiger partial charge in [0, 0.05) is 12.3 Å². The largest absolute Gasteiger partial charge is 0.478 e. The Morgan fingerprint density at radius 2 is 2.10 bits per heavy atom. The number of rotatable bonds is 4. The number of carboxylic acids is 1. The zero-order valence-corrected chi connectivity index (χ0v) is 10.7. The highest BCUT2D eigenvalue weighted by atomic mass is 19.1. The fourth-order valence-corrected chi connectivity index (χ4v) is 1.51. The van der Waals surface area contributed by atoms with Crippen LogP contribution in [-0.4, -0.2) is 27.0 Å². The number of pyridine rings is 2.